The Morgan fingerprint density at radius 1 is 1.17 bits per heavy atom. The summed E-state index contributed by atoms with van der Waals surface area (Å²) in [6.07, 6.45) is 1.69. The Labute approximate surface area is 142 Å². The van der Waals surface area contributed by atoms with Crippen LogP contribution in [-0.2, 0) is 0 Å². The molecular weight excluding hydrogens is 304 g/mol. The van der Waals surface area contributed by atoms with E-state index in [2.05, 4.69) is 10.5 Å². The highest BCUT2D eigenvalue weighted by Crippen LogP contribution is 2.14. The Bertz CT molecular complexity index is 694. The summed E-state index contributed by atoms with van der Waals surface area (Å²) in [4.78, 5) is 12.0. The number of nitrogens with one attached hydrogen (secondary N) is 1. The molecule has 5 heteroatoms. The highest BCUT2D eigenvalue weighted by molar-refractivity contribution is 5.95. The van der Waals surface area contributed by atoms with Gasteiger partial charge in [0, 0.05) is 5.56 Å². The van der Waals surface area contributed by atoms with Crippen molar-refractivity contribution < 1.29 is 14.3 Å². The van der Waals surface area contributed by atoms with Gasteiger partial charge in [0.25, 0.3) is 5.91 Å². The lowest BCUT2D eigenvalue weighted by molar-refractivity contribution is 0.0955. The van der Waals surface area contributed by atoms with Crippen LogP contribution in [0.15, 0.2) is 53.6 Å². The smallest absolute Gasteiger partial charge is 0.271 e. The summed E-state index contributed by atoms with van der Waals surface area (Å²) >= 11 is 0. The molecule has 2 rings (SSSR count). The van der Waals surface area contributed by atoms with Crippen molar-refractivity contribution in [1.82, 2.24) is 5.43 Å². The molecule has 126 valence electrons. The maximum atomic E-state index is 12.0. The van der Waals surface area contributed by atoms with Crippen LogP contribution in [0.25, 0.3) is 0 Å². The Hall–Kier alpha value is -2.82. The van der Waals surface area contributed by atoms with Crippen molar-refractivity contribution in [3.05, 3.63) is 59.7 Å². The normalized spacial score (nSPS) is 10.8. The number of amides is 1. The van der Waals surface area contributed by atoms with E-state index >= 15 is 0 Å². The van der Waals surface area contributed by atoms with Crippen LogP contribution >= 0.6 is 0 Å². The van der Waals surface area contributed by atoms with Gasteiger partial charge in [-0.1, -0.05) is 12.1 Å². The first-order valence-corrected chi connectivity index (χ1v) is 7.91. The molecule has 0 saturated carbocycles. The van der Waals surface area contributed by atoms with Gasteiger partial charge < -0.3 is 9.47 Å². The van der Waals surface area contributed by atoms with Gasteiger partial charge in [0.2, 0.25) is 0 Å². The summed E-state index contributed by atoms with van der Waals surface area (Å²) in [5, 5.41) is 3.99. The molecule has 2 aromatic carbocycles. The van der Waals surface area contributed by atoms with Crippen LogP contribution in [0, 0.1) is 0 Å². The minimum atomic E-state index is -0.274. The second-order valence-corrected chi connectivity index (χ2v) is 5.40. The van der Waals surface area contributed by atoms with E-state index in [-0.39, 0.29) is 12.0 Å². The van der Waals surface area contributed by atoms with E-state index in [4.69, 9.17) is 9.47 Å². The molecule has 0 spiro atoms. The number of hydrazone groups is 1. The van der Waals surface area contributed by atoms with Gasteiger partial charge in [-0.25, -0.2) is 5.43 Å². The lowest BCUT2D eigenvalue weighted by Crippen LogP contribution is -2.17. The summed E-state index contributed by atoms with van der Waals surface area (Å²) in [5.41, 5.74) is 3.88. The molecular formula is C19H22N2O3. The number of ether oxygens (including phenoxy) is 2. The highest BCUT2D eigenvalue weighted by Gasteiger charge is 2.04. The second kappa shape index (κ2) is 8.72. The van der Waals surface area contributed by atoms with E-state index in [1.54, 1.807) is 30.5 Å². The number of carbonyl (C=O) groups is 1. The predicted octanol–water partition coefficient (Wildman–Crippen LogP) is 3.64. The van der Waals surface area contributed by atoms with Gasteiger partial charge in [0.15, 0.2) is 0 Å². The number of carbonyl (C=O) groups excluding carboxylic acids is 1. The molecule has 0 aliphatic rings. The van der Waals surface area contributed by atoms with E-state index in [1.807, 2.05) is 45.0 Å². The Morgan fingerprint density at radius 3 is 2.58 bits per heavy atom. The summed E-state index contributed by atoms with van der Waals surface area (Å²) in [5.74, 6) is 1.23. The fraction of sp³-hybridized carbons (Fsp3) is 0.263. The van der Waals surface area contributed by atoms with E-state index in [0.29, 0.717) is 12.2 Å². The molecule has 24 heavy (non-hydrogen) atoms. The van der Waals surface area contributed by atoms with Gasteiger partial charge in [0.05, 0.1) is 18.9 Å². The molecule has 0 saturated heterocycles. The number of hydrogen-bond donors (Lipinski definition) is 1. The molecule has 0 atom stereocenters. The van der Waals surface area contributed by atoms with E-state index in [9.17, 15) is 4.79 Å². The van der Waals surface area contributed by atoms with Crippen molar-refractivity contribution >= 4 is 12.1 Å². The topological polar surface area (TPSA) is 59.9 Å². The molecule has 0 fully saturated rings. The molecule has 0 aromatic heterocycles. The van der Waals surface area contributed by atoms with Crippen LogP contribution in [0.1, 0.15) is 36.7 Å². The third kappa shape index (κ3) is 5.43. The zero-order valence-corrected chi connectivity index (χ0v) is 14.2. The second-order valence-electron chi connectivity index (χ2n) is 5.40. The van der Waals surface area contributed by atoms with Crippen LogP contribution in [0.5, 0.6) is 11.5 Å². The van der Waals surface area contributed by atoms with Crippen LogP contribution in [0.4, 0.5) is 0 Å². The molecule has 0 heterocycles. The fourth-order valence-corrected chi connectivity index (χ4v) is 2.04. The molecule has 0 bridgehead atoms. The van der Waals surface area contributed by atoms with Crippen molar-refractivity contribution in [2.24, 2.45) is 5.10 Å². The minimum absolute atomic E-state index is 0.108. The lowest BCUT2D eigenvalue weighted by atomic mass is 10.2. The average Bonchev–Trinajstić information content (AvgIpc) is 2.55. The number of rotatable bonds is 7. The third-order valence-corrected chi connectivity index (χ3v) is 3.04. The van der Waals surface area contributed by atoms with E-state index < -0.39 is 0 Å². The van der Waals surface area contributed by atoms with Crippen LogP contribution in [0.3, 0.4) is 0 Å². The predicted molar refractivity (Wildman–Crippen MR) is 94.9 cm³/mol. The largest absolute Gasteiger partial charge is 0.494 e. The number of benzene rings is 2. The third-order valence-electron chi connectivity index (χ3n) is 3.04. The fourth-order valence-electron chi connectivity index (χ4n) is 2.04. The van der Waals surface area contributed by atoms with Crippen LogP contribution in [-0.4, -0.2) is 24.8 Å². The summed E-state index contributed by atoms with van der Waals surface area (Å²) in [6.45, 7) is 6.45. The lowest BCUT2D eigenvalue weighted by Gasteiger charge is -2.09. The van der Waals surface area contributed by atoms with E-state index in [1.165, 1.54) is 0 Å². The van der Waals surface area contributed by atoms with Crippen molar-refractivity contribution in [3.63, 3.8) is 0 Å². The SMILES string of the molecule is CCOc1ccc(C(=O)N/N=C/c2cccc(OC(C)C)c2)cc1. The number of nitrogens with zero attached hydrogens (tertiary/aromatic N) is 1. The quantitative estimate of drug-likeness (QED) is 0.624. The highest BCUT2D eigenvalue weighted by atomic mass is 16.5. The van der Waals surface area contributed by atoms with Crippen molar-refractivity contribution in [1.29, 1.82) is 0 Å². The first kappa shape index (κ1) is 17.5. The molecule has 0 aliphatic heterocycles. The molecule has 1 amide bonds. The van der Waals surface area contributed by atoms with Gasteiger partial charge >= 0.3 is 0 Å². The molecule has 0 unspecified atom stereocenters. The molecule has 2 aromatic rings. The molecule has 5 nitrogen and oxygen atoms in total. The summed E-state index contributed by atoms with van der Waals surface area (Å²) in [6, 6.07) is 14.4. The van der Waals surface area contributed by atoms with Crippen molar-refractivity contribution in [3.8, 4) is 11.5 Å². The number of hydrogen-bond acceptors (Lipinski definition) is 4. The maximum Gasteiger partial charge on any atom is 0.271 e. The van der Waals surface area contributed by atoms with Gasteiger partial charge in [-0.15, -0.1) is 0 Å². The van der Waals surface area contributed by atoms with Crippen molar-refractivity contribution in [2.45, 2.75) is 26.9 Å². The van der Waals surface area contributed by atoms with Crippen LogP contribution in [0.2, 0.25) is 0 Å². The van der Waals surface area contributed by atoms with Gasteiger partial charge in [0.1, 0.15) is 11.5 Å². The average molecular weight is 326 g/mol. The Balaban J connectivity index is 1.94. The van der Waals surface area contributed by atoms with Gasteiger partial charge in [-0.3, -0.25) is 4.79 Å². The standard InChI is InChI=1S/C19H22N2O3/c1-4-23-17-10-8-16(9-11-17)19(22)21-20-13-15-6-5-7-18(12-15)24-14(2)3/h5-14H,4H2,1-3H3,(H,21,22)/b20-13+. The van der Waals surface area contributed by atoms with Gasteiger partial charge in [-0.05, 0) is 62.7 Å². The van der Waals surface area contributed by atoms with Crippen molar-refractivity contribution in [2.75, 3.05) is 6.61 Å². The molecule has 1 N–H and O–H groups in total. The first-order valence-electron chi connectivity index (χ1n) is 7.91. The van der Waals surface area contributed by atoms with E-state index in [0.717, 1.165) is 17.1 Å². The zero-order valence-electron chi connectivity index (χ0n) is 14.2. The Morgan fingerprint density at radius 2 is 1.92 bits per heavy atom. The summed E-state index contributed by atoms with van der Waals surface area (Å²) in [7, 11) is 0. The molecule has 0 radical (unpaired) electrons. The monoisotopic (exact) mass is 326 g/mol. The maximum absolute atomic E-state index is 12.0. The van der Waals surface area contributed by atoms with Crippen LogP contribution < -0.4 is 14.9 Å². The van der Waals surface area contributed by atoms with Gasteiger partial charge in [-0.2, -0.15) is 5.10 Å². The Kier molecular flexibility index (Phi) is 6.37. The minimum Gasteiger partial charge on any atom is -0.494 e. The summed E-state index contributed by atoms with van der Waals surface area (Å²) < 4.78 is 11.0. The first-order chi connectivity index (χ1) is 11.6. The molecule has 0 aliphatic carbocycles. The zero-order chi connectivity index (χ0) is 17.4.